The number of hydrogen-bond acceptors (Lipinski definition) is 6. The van der Waals surface area contributed by atoms with Crippen molar-refractivity contribution in [1.29, 1.82) is 0 Å². The van der Waals surface area contributed by atoms with Crippen molar-refractivity contribution in [2.24, 2.45) is 0 Å². The Hall–Kier alpha value is -2.38. The summed E-state index contributed by atoms with van der Waals surface area (Å²) in [5, 5.41) is 2.68. The quantitative estimate of drug-likeness (QED) is 0.596. The van der Waals surface area contributed by atoms with E-state index in [4.69, 9.17) is 9.72 Å². The lowest BCUT2D eigenvalue weighted by atomic mass is 10.1. The molecule has 7 heteroatoms. The van der Waals surface area contributed by atoms with Crippen molar-refractivity contribution in [3.63, 3.8) is 0 Å². The summed E-state index contributed by atoms with van der Waals surface area (Å²) in [6.45, 7) is 3.46. The topological polar surface area (TPSA) is 59.5 Å². The van der Waals surface area contributed by atoms with Crippen LogP contribution < -0.4 is 9.64 Å². The van der Waals surface area contributed by atoms with Crippen molar-refractivity contribution in [2.75, 3.05) is 25.1 Å². The minimum absolute atomic E-state index is 0.358. The van der Waals surface area contributed by atoms with Crippen LogP contribution in [-0.2, 0) is 9.84 Å². The van der Waals surface area contributed by atoms with Gasteiger partial charge in [-0.2, -0.15) is 0 Å². The fraction of sp³-hybridized carbons (Fsp3) is 0.318. The normalized spacial score (nSPS) is 15.4. The highest BCUT2D eigenvalue weighted by molar-refractivity contribution is 7.92. The van der Waals surface area contributed by atoms with Gasteiger partial charge < -0.3 is 9.64 Å². The van der Waals surface area contributed by atoms with Crippen molar-refractivity contribution >= 4 is 26.3 Å². The zero-order chi connectivity index (χ0) is 20.4. The Balaban J connectivity index is 1.44. The third kappa shape index (κ3) is 4.16. The summed E-state index contributed by atoms with van der Waals surface area (Å²) in [6.07, 6.45) is 1.21. The zero-order valence-corrected chi connectivity index (χ0v) is 18.2. The molecule has 29 heavy (non-hydrogen) atoms. The molecule has 4 rings (SSSR count). The van der Waals surface area contributed by atoms with E-state index in [2.05, 4.69) is 35.4 Å². The first-order chi connectivity index (χ1) is 14.0. The molecular weight excluding hydrogens is 404 g/mol. The van der Waals surface area contributed by atoms with Gasteiger partial charge in [0.1, 0.15) is 5.75 Å². The van der Waals surface area contributed by atoms with Gasteiger partial charge >= 0.3 is 0 Å². The van der Waals surface area contributed by atoms with E-state index < -0.39 is 9.84 Å². The van der Waals surface area contributed by atoms with Crippen LogP contribution in [0.25, 0.3) is 11.3 Å². The predicted octanol–water partition coefficient (Wildman–Crippen LogP) is 4.57. The number of hydrogen-bond donors (Lipinski definition) is 0. The Labute approximate surface area is 175 Å². The Bertz CT molecular complexity index is 1080. The van der Waals surface area contributed by atoms with Gasteiger partial charge in [-0.3, -0.25) is 0 Å². The molecule has 1 saturated heterocycles. The van der Waals surface area contributed by atoms with Crippen molar-refractivity contribution in [3.05, 3.63) is 59.5 Å². The molecule has 0 amide bonds. The molecule has 0 spiro atoms. The van der Waals surface area contributed by atoms with E-state index in [9.17, 15) is 8.42 Å². The number of benzene rings is 2. The van der Waals surface area contributed by atoms with Gasteiger partial charge in [0.25, 0.3) is 0 Å². The van der Waals surface area contributed by atoms with Gasteiger partial charge in [-0.1, -0.05) is 23.8 Å². The molecular formula is C22H24N2O3S2. The standard InChI is InChI=1S/C22H24N2O3S2/c1-16-4-3-5-17(14-16)21-15-28-22(23-21)24-12-10-20(11-13-24)29(25,26)19-8-6-18(27-2)7-9-19/h3-9,14-15,20H,10-13H2,1-2H3. The van der Waals surface area contributed by atoms with E-state index in [-0.39, 0.29) is 5.25 Å². The van der Waals surface area contributed by atoms with E-state index in [0.717, 1.165) is 16.4 Å². The number of sulfone groups is 1. The van der Waals surface area contributed by atoms with Crippen LogP contribution in [0.4, 0.5) is 5.13 Å². The first kappa shape index (κ1) is 19.9. The molecule has 0 atom stereocenters. The second kappa shape index (κ2) is 8.16. The van der Waals surface area contributed by atoms with Crippen LogP contribution in [0.3, 0.4) is 0 Å². The monoisotopic (exact) mass is 428 g/mol. The summed E-state index contributed by atoms with van der Waals surface area (Å²) in [7, 11) is -1.76. The average molecular weight is 429 g/mol. The Morgan fingerprint density at radius 1 is 1.10 bits per heavy atom. The lowest BCUT2D eigenvalue weighted by molar-refractivity contribution is 0.414. The maximum atomic E-state index is 13.0. The highest BCUT2D eigenvalue weighted by Gasteiger charge is 2.32. The van der Waals surface area contributed by atoms with Gasteiger partial charge in [-0.05, 0) is 50.1 Å². The number of thiazole rings is 1. The van der Waals surface area contributed by atoms with Gasteiger partial charge in [-0.25, -0.2) is 13.4 Å². The first-order valence-corrected chi connectivity index (χ1v) is 12.1. The fourth-order valence-electron chi connectivity index (χ4n) is 3.66. The highest BCUT2D eigenvalue weighted by Crippen LogP contribution is 2.32. The molecule has 1 aromatic heterocycles. The Morgan fingerprint density at radius 3 is 2.48 bits per heavy atom. The van der Waals surface area contributed by atoms with E-state index in [1.165, 1.54) is 5.56 Å². The zero-order valence-electron chi connectivity index (χ0n) is 16.5. The molecule has 1 aliphatic heterocycles. The largest absolute Gasteiger partial charge is 0.497 e. The molecule has 1 aliphatic rings. The third-order valence-electron chi connectivity index (χ3n) is 5.35. The Morgan fingerprint density at radius 2 is 1.83 bits per heavy atom. The summed E-state index contributed by atoms with van der Waals surface area (Å²) >= 11 is 1.62. The molecule has 0 aliphatic carbocycles. The number of aryl methyl sites for hydroxylation is 1. The smallest absolute Gasteiger partial charge is 0.185 e. The second-order valence-corrected chi connectivity index (χ2v) is 10.4. The molecule has 0 N–H and O–H groups in total. The molecule has 0 saturated carbocycles. The summed E-state index contributed by atoms with van der Waals surface area (Å²) in [5.41, 5.74) is 3.30. The van der Waals surface area contributed by atoms with Crippen LogP contribution in [-0.4, -0.2) is 38.9 Å². The van der Waals surface area contributed by atoms with Crippen molar-refractivity contribution < 1.29 is 13.2 Å². The van der Waals surface area contributed by atoms with Gasteiger partial charge in [0.05, 0.1) is 22.9 Å². The SMILES string of the molecule is COc1ccc(S(=O)(=O)C2CCN(c3nc(-c4cccc(C)c4)cs3)CC2)cc1. The van der Waals surface area contributed by atoms with Gasteiger partial charge in [0.15, 0.2) is 15.0 Å². The molecule has 0 unspecified atom stereocenters. The van der Waals surface area contributed by atoms with Crippen molar-refractivity contribution in [1.82, 2.24) is 4.98 Å². The highest BCUT2D eigenvalue weighted by atomic mass is 32.2. The number of anilines is 1. The van der Waals surface area contributed by atoms with Crippen LogP contribution in [0.1, 0.15) is 18.4 Å². The number of methoxy groups -OCH3 is 1. The number of rotatable bonds is 5. The Kier molecular flexibility index (Phi) is 5.61. The van der Waals surface area contributed by atoms with E-state index in [1.807, 2.05) is 6.07 Å². The maximum Gasteiger partial charge on any atom is 0.185 e. The van der Waals surface area contributed by atoms with E-state index >= 15 is 0 Å². The number of ether oxygens (including phenoxy) is 1. The molecule has 2 aromatic carbocycles. The molecule has 2 heterocycles. The third-order valence-corrected chi connectivity index (χ3v) is 8.52. The van der Waals surface area contributed by atoms with Crippen molar-refractivity contribution in [3.8, 4) is 17.0 Å². The number of aromatic nitrogens is 1. The van der Waals surface area contributed by atoms with Crippen LogP contribution in [0.2, 0.25) is 0 Å². The summed E-state index contributed by atoms with van der Waals surface area (Å²) in [4.78, 5) is 7.36. The van der Waals surface area contributed by atoms with Crippen LogP contribution >= 0.6 is 11.3 Å². The van der Waals surface area contributed by atoms with Gasteiger partial charge in [0.2, 0.25) is 0 Å². The molecule has 0 radical (unpaired) electrons. The summed E-state index contributed by atoms with van der Waals surface area (Å²) < 4.78 is 31.1. The lowest BCUT2D eigenvalue weighted by Gasteiger charge is -2.31. The average Bonchev–Trinajstić information content (AvgIpc) is 3.24. The lowest BCUT2D eigenvalue weighted by Crippen LogP contribution is -2.39. The molecule has 5 nitrogen and oxygen atoms in total. The number of piperidine rings is 1. The molecule has 1 fully saturated rings. The second-order valence-electron chi connectivity index (χ2n) is 7.29. The van der Waals surface area contributed by atoms with Gasteiger partial charge in [-0.15, -0.1) is 11.3 Å². The first-order valence-electron chi connectivity index (χ1n) is 9.63. The van der Waals surface area contributed by atoms with E-state index in [0.29, 0.717) is 36.6 Å². The molecule has 0 bridgehead atoms. The van der Waals surface area contributed by atoms with E-state index in [1.54, 1.807) is 42.7 Å². The minimum atomic E-state index is -3.33. The maximum absolute atomic E-state index is 13.0. The van der Waals surface area contributed by atoms with Crippen LogP contribution in [0.5, 0.6) is 5.75 Å². The molecule has 3 aromatic rings. The minimum Gasteiger partial charge on any atom is -0.497 e. The summed E-state index contributed by atoms with van der Waals surface area (Å²) in [5.74, 6) is 0.659. The summed E-state index contributed by atoms with van der Waals surface area (Å²) in [6, 6.07) is 15.0. The predicted molar refractivity (Wildman–Crippen MR) is 118 cm³/mol. The number of nitrogens with zero attached hydrogens (tertiary/aromatic N) is 2. The fourth-order valence-corrected chi connectivity index (χ4v) is 6.28. The van der Waals surface area contributed by atoms with Crippen LogP contribution in [0.15, 0.2) is 58.8 Å². The van der Waals surface area contributed by atoms with Crippen LogP contribution in [0, 0.1) is 6.92 Å². The molecule has 152 valence electrons. The van der Waals surface area contributed by atoms with Crippen molar-refractivity contribution in [2.45, 2.75) is 29.9 Å². The van der Waals surface area contributed by atoms with Gasteiger partial charge in [0, 0.05) is 24.0 Å².